The van der Waals surface area contributed by atoms with Gasteiger partial charge >= 0.3 is 5.69 Å². The van der Waals surface area contributed by atoms with Crippen LogP contribution in [0.1, 0.15) is 11.7 Å². The number of phenols is 1. The standard InChI is InChI=1S/C10H14N2O5/c1-11-5-8(13)10(15)6-3-2-4-7(9(6)14)12(16)17/h2-4,8,10-11,13-15H,5H2,1H3. The average Bonchev–Trinajstić information content (AvgIpc) is 2.28. The summed E-state index contributed by atoms with van der Waals surface area (Å²) in [5, 5.41) is 42.1. The Balaban J connectivity index is 3.06. The number of para-hydroxylation sites is 1. The fraction of sp³-hybridized carbons (Fsp3) is 0.400. The van der Waals surface area contributed by atoms with Gasteiger partial charge in [-0.05, 0) is 7.05 Å². The van der Waals surface area contributed by atoms with E-state index in [2.05, 4.69) is 5.32 Å². The van der Waals surface area contributed by atoms with Gasteiger partial charge in [-0.1, -0.05) is 12.1 Å². The topological polar surface area (TPSA) is 116 Å². The first-order valence-electron chi connectivity index (χ1n) is 4.96. The number of benzene rings is 1. The number of likely N-dealkylation sites (N-methyl/N-ethyl adjacent to an activating group) is 1. The Bertz CT molecular complexity index is 410. The monoisotopic (exact) mass is 242 g/mol. The highest BCUT2D eigenvalue weighted by molar-refractivity contribution is 5.51. The predicted octanol–water partition coefficient (Wildman–Crippen LogP) is -0.0859. The van der Waals surface area contributed by atoms with Crippen LogP contribution in [0, 0.1) is 10.1 Å². The number of nitrogens with one attached hydrogen (secondary N) is 1. The first-order chi connectivity index (χ1) is 7.99. The van der Waals surface area contributed by atoms with Gasteiger partial charge in [0.15, 0.2) is 5.75 Å². The second-order valence-electron chi connectivity index (χ2n) is 3.54. The number of hydrogen-bond donors (Lipinski definition) is 4. The number of aliphatic hydroxyl groups excluding tert-OH is 2. The van der Waals surface area contributed by atoms with E-state index < -0.39 is 28.6 Å². The molecule has 0 heterocycles. The van der Waals surface area contributed by atoms with E-state index in [1.165, 1.54) is 12.1 Å². The van der Waals surface area contributed by atoms with Gasteiger partial charge < -0.3 is 20.6 Å². The molecule has 94 valence electrons. The van der Waals surface area contributed by atoms with Crippen LogP contribution in [0.2, 0.25) is 0 Å². The molecule has 7 nitrogen and oxygen atoms in total. The van der Waals surface area contributed by atoms with Gasteiger partial charge in [0.2, 0.25) is 0 Å². The molecule has 0 saturated carbocycles. The molecule has 17 heavy (non-hydrogen) atoms. The lowest BCUT2D eigenvalue weighted by molar-refractivity contribution is -0.386. The van der Waals surface area contributed by atoms with Crippen molar-refractivity contribution in [2.24, 2.45) is 0 Å². The Hall–Kier alpha value is -1.70. The van der Waals surface area contributed by atoms with Gasteiger partial charge in [0.1, 0.15) is 6.10 Å². The molecule has 0 aliphatic heterocycles. The molecular weight excluding hydrogens is 228 g/mol. The van der Waals surface area contributed by atoms with Gasteiger partial charge in [0.25, 0.3) is 0 Å². The number of nitrogens with zero attached hydrogens (tertiary/aromatic N) is 1. The number of aliphatic hydroxyl groups is 2. The van der Waals surface area contributed by atoms with Crippen molar-refractivity contribution < 1.29 is 20.2 Å². The molecule has 0 bridgehead atoms. The van der Waals surface area contributed by atoms with E-state index in [0.29, 0.717) is 0 Å². The SMILES string of the molecule is CNCC(O)C(O)c1cccc([N+](=O)[O-])c1O. The first kappa shape index (κ1) is 13.4. The molecule has 0 saturated heterocycles. The second kappa shape index (κ2) is 5.58. The van der Waals surface area contributed by atoms with Crippen molar-refractivity contribution in [3.8, 4) is 5.75 Å². The summed E-state index contributed by atoms with van der Waals surface area (Å²) in [7, 11) is 1.59. The smallest absolute Gasteiger partial charge is 0.311 e. The summed E-state index contributed by atoms with van der Waals surface area (Å²) in [5.74, 6) is -0.625. The highest BCUT2D eigenvalue weighted by atomic mass is 16.6. The molecule has 1 aromatic rings. The van der Waals surface area contributed by atoms with Crippen LogP contribution < -0.4 is 5.32 Å². The molecule has 2 unspecified atom stereocenters. The highest BCUT2D eigenvalue weighted by Crippen LogP contribution is 2.34. The molecule has 0 aliphatic carbocycles. The minimum Gasteiger partial charge on any atom is -0.502 e. The zero-order chi connectivity index (χ0) is 13.0. The summed E-state index contributed by atoms with van der Waals surface area (Å²) in [6.45, 7) is 0.100. The molecule has 7 heteroatoms. The highest BCUT2D eigenvalue weighted by Gasteiger charge is 2.25. The van der Waals surface area contributed by atoms with Crippen molar-refractivity contribution in [2.75, 3.05) is 13.6 Å². The Kier molecular flexibility index (Phi) is 4.38. The Morgan fingerprint density at radius 3 is 2.65 bits per heavy atom. The van der Waals surface area contributed by atoms with Crippen LogP contribution in [-0.2, 0) is 0 Å². The normalized spacial score (nSPS) is 14.3. The van der Waals surface area contributed by atoms with Gasteiger partial charge in [0, 0.05) is 18.2 Å². The van der Waals surface area contributed by atoms with E-state index in [1.807, 2.05) is 0 Å². The van der Waals surface area contributed by atoms with E-state index in [0.717, 1.165) is 6.07 Å². The third-order valence-electron chi connectivity index (χ3n) is 2.34. The first-order valence-corrected chi connectivity index (χ1v) is 4.96. The summed E-state index contributed by atoms with van der Waals surface area (Å²) in [6, 6.07) is 3.78. The Morgan fingerprint density at radius 1 is 1.47 bits per heavy atom. The van der Waals surface area contributed by atoms with Crippen molar-refractivity contribution in [2.45, 2.75) is 12.2 Å². The zero-order valence-corrected chi connectivity index (χ0v) is 9.20. The van der Waals surface area contributed by atoms with Crippen molar-refractivity contribution >= 4 is 5.69 Å². The molecule has 0 fully saturated rings. The summed E-state index contributed by atoms with van der Waals surface area (Å²) in [4.78, 5) is 9.83. The molecular formula is C10H14N2O5. The minimum absolute atomic E-state index is 0.0676. The maximum atomic E-state index is 10.6. The van der Waals surface area contributed by atoms with Gasteiger partial charge in [0.05, 0.1) is 11.0 Å². The molecule has 0 amide bonds. The molecule has 1 aromatic carbocycles. The minimum atomic E-state index is -1.39. The number of nitro benzene ring substituents is 1. The van der Waals surface area contributed by atoms with Crippen LogP contribution in [0.5, 0.6) is 5.75 Å². The third kappa shape index (κ3) is 2.90. The quantitative estimate of drug-likeness (QED) is 0.423. The van der Waals surface area contributed by atoms with Gasteiger partial charge in [-0.25, -0.2) is 0 Å². The summed E-state index contributed by atoms with van der Waals surface area (Å²) < 4.78 is 0. The van der Waals surface area contributed by atoms with Crippen LogP contribution >= 0.6 is 0 Å². The number of aromatic hydroxyl groups is 1. The van der Waals surface area contributed by atoms with Gasteiger partial charge in [-0.15, -0.1) is 0 Å². The molecule has 1 rings (SSSR count). The number of phenolic OH excluding ortho intramolecular Hbond substituents is 1. The van der Waals surface area contributed by atoms with Crippen LogP contribution in [0.15, 0.2) is 18.2 Å². The van der Waals surface area contributed by atoms with E-state index >= 15 is 0 Å². The maximum absolute atomic E-state index is 10.6. The lowest BCUT2D eigenvalue weighted by atomic mass is 10.0. The van der Waals surface area contributed by atoms with E-state index in [4.69, 9.17) is 0 Å². The predicted molar refractivity (Wildman–Crippen MR) is 59.7 cm³/mol. The van der Waals surface area contributed by atoms with Crippen LogP contribution in [0.4, 0.5) is 5.69 Å². The van der Waals surface area contributed by atoms with E-state index in [1.54, 1.807) is 7.05 Å². The van der Waals surface area contributed by atoms with Crippen LogP contribution in [-0.4, -0.2) is 39.9 Å². The lowest BCUT2D eigenvalue weighted by Crippen LogP contribution is -2.29. The fourth-order valence-corrected chi connectivity index (χ4v) is 1.46. The summed E-state index contributed by atoms with van der Waals surface area (Å²) in [5.41, 5.74) is -0.569. The molecule has 2 atom stereocenters. The molecule has 0 aliphatic rings. The van der Waals surface area contributed by atoms with Crippen molar-refractivity contribution in [1.29, 1.82) is 0 Å². The summed E-state index contributed by atoms with van der Waals surface area (Å²) in [6.07, 6.45) is -2.55. The molecule has 4 N–H and O–H groups in total. The Labute approximate surface area is 97.5 Å². The summed E-state index contributed by atoms with van der Waals surface area (Å²) >= 11 is 0. The second-order valence-corrected chi connectivity index (χ2v) is 3.54. The lowest BCUT2D eigenvalue weighted by Gasteiger charge is -2.18. The van der Waals surface area contributed by atoms with E-state index in [9.17, 15) is 25.4 Å². The Morgan fingerprint density at radius 2 is 2.12 bits per heavy atom. The zero-order valence-electron chi connectivity index (χ0n) is 9.20. The molecule has 0 aromatic heterocycles. The maximum Gasteiger partial charge on any atom is 0.311 e. The number of hydrogen-bond acceptors (Lipinski definition) is 6. The van der Waals surface area contributed by atoms with Gasteiger partial charge in [-0.2, -0.15) is 0 Å². The van der Waals surface area contributed by atoms with Crippen molar-refractivity contribution in [3.63, 3.8) is 0 Å². The van der Waals surface area contributed by atoms with Crippen LogP contribution in [0.3, 0.4) is 0 Å². The van der Waals surface area contributed by atoms with Crippen molar-refractivity contribution in [3.05, 3.63) is 33.9 Å². The van der Waals surface area contributed by atoms with Crippen molar-refractivity contribution in [1.82, 2.24) is 5.32 Å². The number of rotatable bonds is 5. The van der Waals surface area contributed by atoms with Crippen LogP contribution in [0.25, 0.3) is 0 Å². The molecule has 0 radical (unpaired) electrons. The fourth-order valence-electron chi connectivity index (χ4n) is 1.46. The molecule has 0 spiro atoms. The number of nitro groups is 1. The largest absolute Gasteiger partial charge is 0.502 e. The van der Waals surface area contributed by atoms with E-state index in [-0.39, 0.29) is 12.1 Å². The van der Waals surface area contributed by atoms with Gasteiger partial charge in [-0.3, -0.25) is 10.1 Å². The third-order valence-corrected chi connectivity index (χ3v) is 2.34. The average molecular weight is 242 g/mol.